The van der Waals surface area contributed by atoms with Gasteiger partial charge in [0.05, 0.1) is 6.54 Å². The fourth-order valence-electron chi connectivity index (χ4n) is 1.28. The predicted molar refractivity (Wildman–Crippen MR) is 69.1 cm³/mol. The Morgan fingerprint density at radius 1 is 1.57 bits per heavy atom. The number of hydrogen-bond acceptors (Lipinski definition) is 8. The van der Waals surface area contributed by atoms with Gasteiger partial charge in [0.15, 0.2) is 0 Å². The molecule has 0 aromatic carbocycles. The van der Waals surface area contributed by atoms with Crippen LogP contribution in [0.1, 0.15) is 6.92 Å². The van der Waals surface area contributed by atoms with Crippen LogP contribution >= 0.6 is 7.60 Å². The van der Waals surface area contributed by atoms with E-state index in [9.17, 15) is 14.2 Å². The van der Waals surface area contributed by atoms with Crippen molar-refractivity contribution in [3.05, 3.63) is 16.8 Å². The number of nitrogen functional groups attached to an aromatic ring is 1. The molecule has 1 heterocycles. The lowest BCUT2D eigenvalue weighted by molar-refractivity contribution is -0.145. The number of carbonyl (C=O) groups excluding carboxylic acids is 1. The molecule has 0 amide bonds. The number of hydrogen-bond donors (Lipinski definition) is 3. The van der Waals surface area contributed by atoms with E-state index in [1.165, 1.54) is 6.92 Å². The van der Waals surface area contributed by atoms with Gasteiger partial charge in [-0.15, -0.1) is 0 Å². The summed E-state index contributed by atoms with van der Waals surface area (Å²) in [6, 6.07) is 0. The van der Waals surface area contributed by atoms with Crippen molar-refractivity contribution < 1.29 is 28.6 Å². The highest BCUT2D eigenvalue weighted by Gasteiger charge is 2.20. The number of nitrogens with two attached hydrogens (primary N) is 1. The lowest BCUT2D eigenvalue weighted by Crippen LogP contribution is -2.33. The molecule has 21 heavy (non-hydrogen) atoms. The third-order valence-electron chi connectivity index (χ3n) is 2.14. The van der Waals surface area contributed by atoms with Gasteiger partial charge in [0.25, 0.3) is 0 Å². The van der Waals surface area contributed by atoms with Crippen molar-refractivity contribution in [3.63, 3.8) is 0 Å². The summed E-state index contributed by atoms with van der Waals surface area (Å²) in [5.41, 5.74) is 4.52. The molecule has 0 aliphatic rings. The summed E-state index contributed by atoms with van der Waals surface area (Å²) < 4.78 is 21.5. The van der Waals surface area contributed by atoms with Crippen LogP contribution in [-0.4, -0.2) is 49.4 Å². The van der Waals surface area contributed by atoms with Gasteiger partial charge in [-0.05, 0) is 0 Å². The molecule has 0 aliphatic carbocycles. The first kappa shape index (κ1) is 17.2. The van der Waals surface area contributed by atoms with Crippen molar-refractivity contribution in [1.82, 2.24) is 14.5 Å². The van der Waals surface area contributed by atoms with E-state index in [-0.39, 0.29) is 19.1 Å². The van der Waals surface area contributed by atoms with Crippen LogP contribution < -0.4 is 11.4 Å². The smallest absolute Gasteiger partial charge is 0.352 e. The number of anilines is 1. The summed E-state index contributed by atoms with van der Waals surface area (Å²) in [4.78, 5) is 46.8. The Kier molecular flexibility index (Phi) is 5.97. The van der Waals surface area contributed by atoms with Gasteiger partial charge in [0.2, 0.25) is 5.95 Å². The summed E-state index contributed by atoms with van der Waals surface area (Å²) in [6.07, 6.45) is -0.720. The van der Waals surface area contributed by atoms with Gasteiger partial charge in [-0.2, -0.15) is 4.98 Å². The molecule has 1 aromatic heterocycles. The van der Waals surface area contributed by atoms with Crippen LogP contribution in [0.4, 0.5) is 5.95 Å². The van der Waals surface area contributed by atoms with Crippen molar-refractivity contribution >= 4 is 19.5 Å². The summed E-state index contributed by atoms with van der Waals surface area (Å²) in [6.45, 7) is 0.719. The van der Waals surface area contributed by atoms with Crippen LogP contribution in [0, 0.1) is 0 Å². The fourth-order valence-corrected chi connectivity index (χ4v) is 1.69. The lowest BCUT2D eigenvalue weighted by atomic mass is 10.3. The molecule has 0 fully saturated rings. The number of carbonyl (C=O) groups is 1. The normalized spacial score (nSPS) is 12.9. The van der Waals surface area contributed by atoms with Crippen LogP contribution in [0.2, 0.25) is 0 Å². The van der Waals surface area contributed by atoms with Crippen molar-refractivity contribution in [2.24, 2.45) is 0 Å². The van der Waals surface area contributed by atoms with Gasteiger partial charge in [-0.1, -0.05) is 0 Å². The van der Waals surface area contributed by atoms with E-state index in [1.54, 1.807) is 0 Å². The van der Waals surface area contributed by atoms with Crippen LogP contribution in [0.25, 0.3) is 0 Å². The van der Waals surface area contributed by atoms with Gasteiger partial charge in [0, 0.05) is 6.92 Å². The van der Waals surface area contributed by atoms with Gasteiger partial charge in [-0.3, -0.25) is 13.9 Å². The highest BCUT2D eigenvalue weighted by atomic mass is 31.2. The average Bonchev–Trinajstić information content (AvgIpc) is 2.34. The zero-order chi connectivity index (χ0) is 16.0. The fraction of sp³-hybridized carbons (Fsp3) is 0.556. The van der Waals surface area contributed by atoms with Gasteiger partial charge in [0.1, 0.15) is 25.4 Å². The van der Waals surface area contributed by atoms with E-state index >= 15 is 0 Å². The molecule has 1 rings (SSSR count). The maximum atomic E-state index is 11.5. The maximum absolute atomic E-state index is 11.5. The Bertz CT molecular complexity index is 598. The van der Waals surface area contributed by atoms with E-state index in [0.29, 0.717) is 0 Å². The average molecular weight is 322 g/mol. The van der Waals surface area contributed by atoms with Crippen LogP contribution in [0.3, 0.4) is 0 Å². The van der Waals surface area contributed by atoms with E-state index in [0.717, 1.165) is 10.9 Å². The number of aromatic nitrogens is 3. The zero-order valence-corrected chi connectivity index (χ0v) is 12.0. The van der Waals surface area contributed by atoms with Crippen molar-refractivity contribution in [3.8, 4) is 0 Å². The first-order valence-corrected chi connectivity index (χ1v) is 7.45. The second kappa shape index (κ2) is 7.27. The standard InChI is InChI=1S/C9H15N4O7P/c1-6(14)19-3-7(20-5-21(16,17)18)2-13-4-11-8(10)12-9(13)15/h4,7H,2-3,5H2,1H3,(H2,10,12,15)(H2,16,17,18)/t7-/m0/s1. The highest BCUT2D eigenvalue weighted by molar-refractivity contribution is 7.51. The van der Waals surface area contributed by atoms with Gasteiger partial charge in [-0.25, -0.2) is 9.78 Å². The Labute approximate surface area is 118 Å². The molecule has 1 atom stereocenters. The van der Waals surface area contributed by atoms with Gasteiger partial charge >= 0.3 is 19.3 Å². The monoisotopic (exact) mass is 322 g/mol. The van der Waals surface area contributed by atoms with Crippen molar-refractivity contribution in [2.75, 3.05) is 18.7 Å². The molecule has 11 nitrogen and oxygen atoms in total. The minimum atomic E-state index is -4.39. The third kappa shape index (κ3) is 6.95. The number of esters is 1. The SMILES string of the molecule is CC(=O)OC[C@H](Cn1cnc(N)nc1=O)OCP(=O)(O)O. The quantitative estimate of drug-likeness (QED) is 0.389. The topological polar surface area (TPSA) is 167 Å². The van der Waals surface area contributed by atoms with E-state index < -0.39 is 31.7 Å². The zero-order valence-electron chi connectivity index (χ0n) is 11.1. The Balaban J connectivity index is 2.77. The second-order valence-electron chi connectivity index (χ2n) is 4.03. The van der Waals surface area contributed by atoms with Crippen LogP contribution in [0.5, 0.6) is 0 Å². The molecule has 0 radical (unpaired) electrons. The van der Waals surface area contributed by atoms with Crippen LogP contribution in [0.15, 0.2) is 11.1 Å². The number of nitrogens with zero attached hydrogens (tertiary/aromatic N) is 3. The number of rotatable bonds is 7. The van der Waals surface area contributed by atoms with E-state index in [1.807, 2.05) is 0 Å². The molecule has 0 bridgehead atoms. The summed E-state index contributed by atoms with van der Waals surface area (Å²) in [7, 11) is -4.39. The van der Waals surface area contributed by atoms with Gasteiger partial charge < -0.3 is 25.0 Å². The number of ether oxygens (including phenoxy) is 2. The molecular formula is C9H15N4O7P. The lowest BCUT2D eigenvalue weighted by Gasteiger charge is -2.18. The summed E-state index contributed by atoms with van der Waals surface area (Å²) >= 11 is 0. The largest absolute Gasteiger partial charge is 0.463 e. The first-order chi connectivity index (χ1) is 9.67. The first-order valence-electron chi connectivity index (χ1n) is 5.66. The maximum Gasteiger partial charge on any atom is 0.352 e. The molecule has 0 saturated carbocycles. The predicted octanol–water partition coefficient (Wildman–Crippen LogP) is -1.70. The van der Waals surface area contributed by atoms with E-state index in [4.69, 9.17) is 25.0 Å². The molecular weight excluding hydrogens is 307 g/mol. The second-order valence-corrected chi connectivity index (χ2v) is 5.62. The molecule has 0 saturated heterocycles. The van der Waals surface area contributed by atoms with Crippen molar-refractivity contribution in [1.29, 1.82) is 0 Å². The minimum Gasteiger partial charge on any atom is -0.463 e. The Morgan fingerprint density at radius 2 is 2.24 bits per heavy atom. The summed E-state index contributed by atoms with van der Waals surface area (Å²) in [5, 5.41) is 0. The Morgan fingerprint density at radius 3 is 2.76 bits per heavy atom. The van der Waals surface area contributed by atoms with Crippen LogP contribution in [-0.2, 0) is 25.4 Å². The molecule has 0 spiro atoms. The van der Waals surface area contributed by atoms with E-state index in [2.05, 4.69) is 9.97 Å². The molecule has 1 aromatic rings. The van der Waals surface area contributed by atoms with Crippen molar-refractivity contribution in [2.45, 2.75) is 19.6 Å². The Hall–Kier alpha value is -1.81. The third-order valence-corrected chi connectivity index (χ3v) is 2.62. The highest BCUT2D eigenvalue weighted by Crippen LogP contribution is 2.34. The minimum absolute atomic E-state index is 0.160. The summed E-state index contributed by atoms with van der Waals surface area (Å²) in [5.74, 6) is -0.801. The molecule has 0 unspecified atom stereocenters. The molecule has 0 aliphatic heterocycles. The molecule has 4 N–H and O–H groups in total. The molecule has 12 heteroatoms. The molecule has 118 valence electrons.